The van der Waals surface area contributed by atoms with Crippen molar-refractivity contribution in [1.82, 2.24) is 4.98 Å². The molecule has 0 radical (unpaired) electrons. The Morgan fingerprint density at radius 3 is 2.43 bits per heavy atom. The highest BCUT2D eigenvalue weighted by Gasteiger charge is 2.08. The molecule has 21 heavy (non-hydrogen) atoms. The van der Waals surface area contributed by atoms with Gasteiger partial charge in [-0.25, -0.2) is 4.98 Å². The van der Waals surface area contributed by atoms with Crippen LogP contribution in [-0.4, -0.2) is 18.1 Å². The summed E-state index contributed by atoms with van der Waals surface area (Å²) in [6, 6.07) is 11.7. The van der Waals surface area contributed by atoms with Gasteiger partial charge in [-0.1, -0.05) is 11.6 Å². The molecule has 2 aromatic rings. The first-order valence-corrected chi connectivity index (χ1v) is 7.24. The van der Waals surface area contributed by atoms with Crippen LogP contribution in [-0.2, 0) is 0 Å². The second kappa shape index (κ2) is 6.96. The number of halogens is 1. The van der Waals surface area contributed by atoms with Crippen molar-refractivity contribution in [3.63, 3.8) is 0 Å². The van der Waals surface area contributed by atoms with Gasteiger partial charge < -0.3 is 10.2 Å². The Morgan fingerprint density at radius 2 is 1.86 bits per heavy atom. The van der Waals surface area contributed by atoms with E-state index in [9.17, 15) is 0 Å². The summed E-state index contributed by atoms with van der Waals surface area (Å²) in [7, 11) is 0. The van der Waals surface area contributed by atoms with E-state index in [0.717, 1.165) is 18.8 Å². The highest BCUT2D eigenvalue weighted by Crippen LogP contribution is 2.27. The highest BCUT2D eigenvalue weighted by atomic mass is 35.5. The Labute approximate surface area is 130 Å². The number of aromatic nitrogens is 1. The van der Waals surface area contributed by atoms with Gasteiger partial charge in [-0.05, 0) is 44.2 Å². The average molecular weight is 301 g/mol. The van der Waals surface area contributed by atoms with E-state index < -0.39 is 0 Å². The SMILES string of the molecule is CCN(CC)c1ccc(Nc2nccc(C#N)c2Cl)cc1. The van der Waals surface area contributed by atoms with Crippen LogP contribution in [0.4, 0.5) is 17.2 Å². The third-order valence-electron chi connectivity index (χ3n) is 3.27. The van der Waals surface area contributed by atoms with Crippen molar-refractivity contribution in [2.75, 3.05) is 23.3 Å². The minimum absolute atomic E-state index is 0.341. The van der Waals surface area contributed by atoms with Crippen LogP contribution in [0.2, 0.25) is 5.02 Å². The Balaban J connectivity index is 2.20. The Hall–Kier alpha value is -2.25. The van der Waals surface area contributed by atoms with E-state index in [4.69, 9.17) is 16.9 Å². The Kier molecular flexibility index (Phi) is 5.02. The maximum absolute atomic E-state index is 8.97. The van der Waals surface area contributed by atoms with Crippen LogP contribution in [0, 0.1) is 11.3 Å². The zero-order valence-electron chi connectivity index (χ0n) is 12.1. The first kappa shape index (κ1) is 15.1. The van der Waals surface area contributed by atoms with E-state index in [-0.39, 0.29) is 0 Å². The minimum atomic E-state index is 0.341. The van der Waals surface area contributed by atoms with Gasteiger partial charge in [0.25, 0.3) is 0 Å². The van der Waals surface area contributed by atoms with Gasteiger partial charge in [0.1, 0.15) is 11.1 Å². The van der Waals surface area contributed by atoms with Gasteiger partial charge in [-0.3, -0.25) is 0 Å². The number of anilines is 3. The zero-order valence-corrected chi connectivity index (χ0v) is 12.9. The van der Waals surface area contributed by atoms with Crippen molar-refractivity contribution in [3.05, 3.63) is 47.1 Å². The Morgan fingerprint density at radius 1 is 1.19 bits per heavy atom. The third kappa shape index (κ3) is 3.45. The normalized spacial score (nSPS) is 10.0. The number of pyridine rings is 1. The molecule has 0 aliphatic heterocycles. The van der Waals surface area contributed by atoms with E-state index in [2.05, 4.69) is 41.2 Å². The van der Waals surface area contributed by atoms with Gasteiger partial charge in [0, 0.05) is 30.7 Å². The number of nitrogens with one attached hydrogen (secondary N) is 1. The van der Waals surface area contributed by atoms with Crippen LogP contribution in [0.15, 0.2) is 36.5 Å². The molecule has 0 atom stereocenters. The minimum Gasteiger partial charge on any atom is -0.372 e. The second-order valence-electron chi connectivity index (χ2n) is 4.48. The molecular weight excluding hydrogens is 284 g/mol. The van der Waals surface area contributed by atoms with Crippen LogP contribution in [0.3, 0.4) is 0 Å². The van der Waals surface area contributed by atoms with Crippen molar-refractivity contribution >= 4 is 28.8 Å². The maximum atomic E-state index is 8.97. The molecule has 0 saturated carbocycles. The summed E-state index contributed by atoms with van der Waals surface area (Å²) in [5.41, 5.74) is 2.47. The Bertz CT molecular complexity index is 642. The molecule has 0 amide bonds. The van der Waals surface area contributed by atoms with E-state index in [1.54, 1.807) is 12.3 Å². The fourth-order valence-electron chi connectivity index (χ4n) is 2.10. The number of benzene rings is 1. The second-order valence-corrected chi connectivity index (χ2v) is 4.86. The summed E-state index contributed by atoms with van der Waals surface area (Å²) < 4.78 is 0. The summed E-state index contributed by atoms with van der Waals surface area (Å²) in [5.74, 6) is 0.492. The fraction of sp³-hybridized carbons (Fsp3) is 0.250. The zero-order chi connectivity index (χ0) is 15.2. The molecular formula is C16H17ClN4. The molecule has 0 saturated heterocycles. The van der Waals surface area contributed by atoms with Crippen molar-refractivity contribution < 1.29 is 0 Å². The lowest BCUT2D eigenvalue weighted by atomic mass is 10.2. The molecule has 0 bridgehead atoms. The molecule has 0 aliphatic rings. The molecule has 0 unspecified atom stereocenters. The van der Waals surface area contributed by atoms with E-state index in [1.807, 2.05) is 18.2 Å². The first-order chi connectivity index (χ1) is 10.2. The molecule has 0 fully saturated rings. The summed E-state index contributed by atoms with van der Waals surface area (Å²) in [4.78, 5) is 6.44. The van der Waals surface area contributed by atoms with Crippen molar-refractivity contribution in [3.8, 4) is 6.07 Å². The maximum Gasteiger partial charge on any atom is 0.150 e. The molecule has 0 spiro atoms. The van der Waals surface area contributed by atoms with E-state index >= 15 is 0 Å². The summed E-state index contributed by atoms with van der Waals surface area (Å²) in [6.07, 6.45) is 1.57. The van der Waals surface area contributed by atoms with Gasteiger partial charge in [0.05, 0.1) is 5.56 Å². The lowest BCUT2D eigenvalue weighted by Gasteiger charge is -2.21. The predicted octanol–water partition coefficient (Wildman–Crippen LogP) is 4.20. The predicted molar refractivity (Wildman–Crippen MR) is 87.2 cm³/mol. The monoisotopic (exact) mass is 300 g/mol. The van der Waals surface area contributed by atoms with Gasteiger partial charge in [0.15, 0.2) is 5.82 Å². The largest absolute Gasteiger partial charge is 0.372 e. The van der Waals surface area contributed by atoms with E-state index in [0.29, 0.717) is 16.4 Å². The van der Waals surface area contributed by atoms with Gasteiger partial charge in [0.2, 0.25) is 0 Å². The molecule has 4 nitrogen and oxygen atoms in total. The molecule has 1 aromatic heterocycles. The van der Waals surface area contributed by atoms with Gasteiger partial charge in [-0.15, -0.1) is 0 Å². The molecule has 0 aliphatic carbocycles. The third-order valence-corrected chi connectivity index (χ3v) is 3.65. The first-order valence-electron chi connectivity index (χ1n) is 6.86. The fourth-order valence-corrected chi connectivity index (χ4v) is 2.30. The highest BCUT2D eigenvalue weighted by molar-refractivity contribution is 6.34. The topological polar surface area (TPSA) is 52.0 Å². The van der Waals surface area contributed by atoms with E-state index in [1.165, 1.54) is 5.69 Å². The van der Waals surface area contributed by atoms with Crippen LogP contribution in [0.5, 0.6) is 0 Å². The number of nitriles is 1. The van der Waals surface area contributed by atoms with Crippen molar-refractivity contribution in [2.24, 2.45) is 0 Å². The van der Waals surface area contributed by atoms with Crippen LogP contribution in [0.25, 0.3) is 0 Å². The summed E-state index contributed by atoms with van der Waals surface area (Å²) in [6.45, 7) is 6.21. The molecule has 1 aromatic carbocycles. The standard InChI is InChI=1S/C16H17ClN4/c1-3-21(4-2)14-7-5-13(6-8-14)20-16-15(17)12(11-18)9-10-19-16/h5-10H,3-4H2,1-2H3,(H,19,20). The number of hydrogen-bond acceptors (Lipinski definition) is 4. The van der Waals surface area contributed by atoms with Gasteiger partial charge >= 0.3 is 0 Å². The van der Waals surface area contributed by atoms with Crippen molar-refractivity contribution in [1.29, 1.82) is 5.26 Å². The molecule has 1 N–H and O–H groups in total. The van der Waals surface area contributed by atoms with Gasteiger partial charge in [-0.2, -0.15) is 5.26 Å². The quantitative estimate of drug-likeness (QED) is 0.899. The number of rotatable bonds is 5. The van der Waals surface area contributed by atoms with Crippen molar-refractivity contribution in [2.45, 2.75) is 13.8 Å². The number of hydrogen-bond donors (Lipinski definition) is 1. The molecule has 5 heteroatoms. The molecule has 1 heterocycles. The summed E-state index contributed by atoms with van der Waals surface area (Å²) >= 11 is 6.13. The van der Waals surface area contributed by atoms with Crippen LogP contribution < -0.4 is 10.2 Å². The van der Waals surface area contributed by atoms with Crippen LogP contribution in [0.1, 0.15) is 19.4 Å². The molecule has 2 rings (SSSR count). The number of nitrogens with zero attached hydrogens (tertiary/aromatic N) is 3. The lowest BCUT2D eigenvalue weighted by Crippen LogP contribution is -2.21. The smallest absolute Gasteiger partial charge is 0.150 e. The molecule has 108 valence electrons. The average Bonchev–Trinajstić information content (AvgIpc) is 2.52. The van der Waals surface area contributed by atoms with Crippen LogP contribution >= 0.6 is 11.6 Å². The lowest BCUT2D eigenvalue weighted by molar-refractivity contribution is 0.866. The summed E-state index contributed by atoms with van der Waals surface area (Å²) in [5, 5.41) is 12.4.